The number of allylic oxidation sites excluding steroid dienone is 3. The molecule has 1 N–H and O–H groups in total. The lowest BCUT2D eigenvalue weighted by Crippen LogP contribution is -2.13. The maximum atomic E-state index is 3.34. The smallest absolute Gasteiger partial charge is 0.00142 e. The van der Waals surface area contributed by atoms with Crippen LogP contribution in [-0.2, 0) is 0 Å². The molecule has 0 saturated heterocycles. The summed E-state index contributed by atoms with van der Waals surface area (Å²) < 4.78 is 0. The highest BCUT2D eigenvalue weighted by atomic mass is 14.8. The Labute approximate surface area is 88.3 Å². The standard InChI is InChI=1S/C13H23N/c1-3-14-11-7-8-12(2)13-9-5-4-6-10-13/h8-9,14H,3-7,10-11H2,1-2H3/b12-8-. The minimum absolute atomic E-state index is 1.08. The van der Waals surface area contributed by atoms with Gasteiger partial charge >= 0.3 is 0 Å². The van der Waals surface area contributed by atoms with Gasteiger partial charge in [-0.2, -0.15) is 0 Å². The largest absolute Gasteiger partial charge is 0.317 e. The Kier molecular flexibility index (Phi) is 5.62. The van der Waals surface area contributed by atoms with E-state index in [4.69, 9.17) is 0 Å². The zero-order valence-electron chi connectivity index (χ0n) is 9.60. The van der Waals surface area contributed by atoms with E-state index in [2.05, 4.69) is 31.3 Å². The van der Waals surface area contributed by atoms with Crippen LogP contribution < -0.4 is 5.32 Å². The fourth-order valence-corrected chi connectivity index (χ4v) is 1.89. The van der Waals surface area contributed by atoms with E-state index in [1.54, 1.807) is 5.57 Å². The Morgan fingerprint density at radius 1 is 1.50 bits per heavy atom. The van der Waals surface area contributed by atoms with Crippen molar-refractivity contribution < 1.29 is 0 Å². The van der Waals surface area contributed by atoms with Gasteiger partial charge in [-0.3, -0.25) is 0 Å². The van der Waals surface area contributed by atoms with Crippen LogP contribution in [0.5, 0.6) is 0 Å². The Hall–Kier alpha value is -0.560. The van der Waals surface area contributed by atoms with Crippen LogP contribution in [-0.4, -0.2) is 13.1 Å². The first-order valence-electron chi connectivity index (χ1n) is 5.91. The second-order valence-electron chi connectivity index (χ2n) is 4.00. The van der Waals surface area contributed by atoms with Gasteiger partial charge in [-0.25, -0.2) is 0 Å². The molecule has 0 spiro atoms. The first-order valence-corrected chi connectivity index (χ1v) is 5.91. The molecule has 0 saturated carbocycles. The van der Waals surface area contributed by atoms with Crippen LogP contribution >= 0.6 is 0 Å². The molecule has 14 heavy (non-hydrogen) atoms. The second-order valence-corrected chi connectivity index (χ2v) is 4.00. The molecule has 0 unspecified atom stereocenters. The molecule has 0 bridgehead atoms. The molecule has 1 nitrogen and oxygen atoms in total. The maximum Gasteiger partial charge on any atom is -0.00142 e. The number of hydrogen-bond donors (Lipinski definition) is 1. The summed E-state index contributed by atoms with van der Waals surface area (Å²) in [4.78, 5) is 0. The van der Waals surface area contributed by atoms with Crippen LogP contribution in [0, 0.1) is 0 Å². The Morgan fingerprint density at radius 3 is 3.00 bits per heavy atom. The molecular weight excluding hydrogens is 170 g/mol. The van der Waals surface area contributed by atoms with E-state index in [9.17, 15) is 0 Å². The summed E-state index contributed by atoms with van der Waals surface area (Å²) in [5, 5.41) is 3.34. The first kappa shape index (κ1) is 11.5. The molecular formula is C13H23N. The molecule has 0 amide bonds. The van der Waals surface area contributed by atoms with E-state index in [-0.39, 0.29) is 0 Å². The van der Waals surface area contributed by atoms with Crippen molar-refractivity contribution in [2.24, 2.45) is 0 Å². The van der Waals surface area contributed by atoms with Crippen molar-refractivity contribution >= 4 is 0 Å². The Bertz CT molecular complexity index is 213. The van der Waals surface area contributed by atoms with E-state index in [0.29, 0.717) is 0 Å². The lowest BCUT2D eigenvalue weighted by atomic mass is 9.94. The molecule has 0 fully saturated rings. The van der Waals surface area contributed by atoms with Crippen LogP contribution in [0.4, 0.5) is 0 Å². The van der Waals surface area contributed by atoms with Gasteiger partial charge in [0.05, 0.1) is 0 Å². The van der Waals surface area contributed by atoms with Crippen LogP contribution in [0.2, 0.25) is 0 Å². The average molecular weight is 193 g/mol. The number of hydrogen-bond acceptors (Lipinski definition) is 1. The summed E-state index contributed by atoms with van der Waals surface area (Å²) in [6, 6.07) is 0. The summed E-state index contributed by atoms with van der Waals surface area (Å²) >= 11 is 0. The molecule has 1 heteroatoms. The van der Waals surface area contributed by atoms with Gasteiger partial charge in [0.1, 0.15) is 0 Å². The first-order chi connectivity index (χ1) is 6.84. The second kappa shape index (κ2) is 6.83. The summed E-state index contributed by atoms with van der Waals surface area (Å²) in [6.07, 6.45) is 11.3. The van der Waals surface area contributed by atoms with Crippen LogP contribution in [0.3, 0.4) is 0 Å². The third-order valence-corrected chi connectivity index (χ3v) is 2.82. The van der Waals surface area contributed by atoms with Crippen LogP contribution in [0.15, 0.2) is 23.3 Å². The molecule has 0 radical (unpaired) electrons. The highest BCUT2D eigenvalue weighted by Gasteiger charge is 2.04. The third kappa shape index (κ3) is 4.10. The molecule has 0 aromatic carbocycles. The molecule has 0 heterocycles. The van der Waals surface area contributed by atoms with Gasteiger partial charge in [-0.05, 0) is 57.7 Å². The molecule has 1 rings (SSSR count). The van der Waals surface area contributed by atoms with Crippen molar-refractivity contribution in [2.75, 3.05) is 13.1 Å². The maximum absolute atomic E-state index is 3.34. The van der Waals surface area contributed by atoms with Gasteiger partial charge in [0.25, 0.3) is 0 Å². The van der Waals surface area contributed by atoms with Crippen molar-refractivity contribution in [2.45, 2.75) is 46.0 Å². The van der Waals surface area contributed by atoms with Crippen molar-refractivity contribution in [3.05, 3.63) is 23.3 Å². The molecule has 1 aliphatic carbocycles. The summed E-state index contributed by atoms with van der Waals surface area (Å²) in [7, 11) is 0. The van der Waals surface area contributed by atoms with E-state index >= 15 is 0 Å². The van der Waals surface area contributed by atoms with E-state index in [0.717, 1.165) is 19.5 Å². The summed E-state index contributed by atoms with van der Waals surface area (Å²) in [5.74, 6) is 0. The average Bonchev–Trinajstić information content (AvgIpc) is 2.25. The SMILES string of the molecule is CCNCC/C=C(/C)C1=CCCCC1. The molecule has 0 aromatic rings. The quantitative estimate of drug-likeness (QED) is 0.660. The lowest BCUT2D eigenvalue weighted by Gasteiger charge is -2.13. The predicted octanol–water partition coefficient (Wildman–Crippen LogP) is 3.43. The summed E-state index contributed by atoms with van der Waals surface area (Å²) in [5.41, 5.74) is 3.09. The molecule has 80 valence electrons. The van der Waals surface area contributed by atoms with Gasteiger partial charge in [0.15, 0.2) is 0 Å². The van der Waals surface area contributed by atoms with E-state index < -0.39 is 0 Å². The number of rotatable bonds is 5. The fourth-order valence-electron chi connectivity index (χ4n) is 1.89. The van der Waals surface area contributed by atoms with Gasteiger partial charge < -0.3 is 5.32 Å². The minimum Gasteiger partial charge on any atom is -0.317 e. The lowest BCUT2D eigenvalue weighted by molar-refractivity contribution is 0.701. The third-order valence-electron chi connectivity index (χ3n) is 2.82. The van der Waals surface area contributed by atoms with Gasteiger partial charge in [-0.1, -0.05) is 24.6 Å². The zero-order chi connectivity index (χ0) is 10.2. The summed E-state index contributed by atoms with van der Waals surface area (Å²) in [6.45, 7) is 6.60. The predicted molar refractivity (Wildman–Crippen MR) is 63.5 cm³/mol. The van der Waals surface area contributed by atoms with E-state index in [1.807, 2.05) is 0 Å². The molecule has 0 aromatic heterocycles. The minimum atomic E-state index is 1.08. The zero-order valence-corrected chi connectivity index (χ0v) is 9.60. The monoisotopic (exact) mass is 193 g/mol. The van der Waals surface area contributed by atoms with Crippen molar-refractivity contribution in [1.29, 1.82) is 0 Å². The Balaban J connectivity index is 2.31. The van der Waals surface area contributed by atoms with Gasteiger partial charge in [0.2, 0.25) is 0 Å². The van der Waals surface area contributed by atoms with Gasteiger partial charge in [0, 0.05) is 0 Å². The highest BCUT2D eigenvalue weighted by molar-refractivity contribution is 5.29. The normalized spacial score (nSPS) is 18.1. The van der Waals surface area contributed by atoms with Gasteiger partial charge in [-0.15, -0.1) is 0 Å². The van der Waals surface area contributed by atoms with Crippen LogP contribution in [0.1, 0.15) is 46.0 Å². The van der Waals surface area contributed by atoms with Crippen molar-refractivity contribution in [3.63, 3.8) is 0 Å². The molecule has 1 aliphatic rings. The Morgan fingerprint density at radius 2 is 2.36 bits per heavy atom. The topological polar surface area (TPSA) is 12.0 Å². The van der Waals surface area contributed by atoms with Crippen LogP contribution in [0.25, 0.3) is 0 Å². The fraction of sp³-hybridized carbons (Fsp3) is 0.692. The van der Waals surface area contributed by atoms with Crippen molar-refractivity contribution in [1.82, 2.24) is 5.32 Å². The van der Waals surface area contributed by atoms with Crippen molar-refractivity contribution in [3.8, 4) is 0 Å². The van der Waals surface area contributed by atoms with E-state index in [1.165, 1.54) is 31.3 Å². The number of nitrogens with one attached hydrogen (secondary N) is 1. The highest BCUT2D eigenvalue weighted by Crippen LogP contribution is 2.23. The molecule has 0 aliphatic heterocycles. The molecule has 0 atom stereocenters.